The normalized spacial score (nSPS) is 23.6. The van der Waals surface area contributed by atoms with Gasteiger partial charge in [0.1, 0.15) is 18.2 Å². The van der Waals surface area contributed by atoms with E-state index in [1.165, 1.54) is 56.0 Å². The lowest BCUT2D eigenvalue weighted by molar-refractivity contribution is -0.120. The van der Waals surface area contributed by atoms with Crippen molar-refractivity contribution < 1.29 is 37.7 Å². The summed E-state index contributed by atoms with van der Waals surface area (Å²) < 4.78 is 46.8. The number of carbonyl (C=O) groups is 3. The van der Waals surface area contributed by atoms with Crippen LogP contribution in [0.15, 0.2) is 66.7 Å². The number of aliphatic hydroxyl groups excluding tert-OH is 1. The number of anilines is 1. The minimum Gasteiger partial charge on any atom is -0.488 e. The first-order valence-electron chi connectivity index (χ1n) is 26.0. The third kappa shape index (κ3) is 9.70. The van der Waals surface area contributed by atoms with Crippen molar-refractivity contribution in [2.45, 2.75) is 95.1 Å². The van der Waals surface area contributed by atoms with Gasteiger partial charge in [0.2, 0.25) is 11.8 Å². The quantitative estimate of drug-likeness (QED) is 0.0811. The number of hydrogen-bond donors (Lipinski definition) is 4. The molecule has 2 atom stereocenters. The van der Waals surface area contributed by atoms with Crippen LogP contribution in [0, 0.1) is 30.4 Å². The third-order valence-corrected chi connectivity index (χ3v) is 16.6. The predicted octanol–water partition coefficient (Wildman–Crippen LogP) is 7.87. The van der Waals surface area contributed by atoms with E-state index >= 15 is 8.78 Å². The van der Waals surface area contributed by atoms with Crippen molar-refractivity contribution in [3.63, 3.8) is 0 Å². The molecule has 14 nitrogen and oxygen atoms in total. The first kappa shape index (κ1) is 49.6. The molecule has 5 aliphatic rings. The van der Waals surface area contributed by atoms with Crippen molar-refractivity contribution in [3.05, 3.63) is 106 Å². The second-order valence-corrected chi connectivity index (χ2v) is 21.0. The second kappa shape index (κ2) is 20.9. The number of nitrogens with one attached hydrogen (secondary N) is 2. The van der Waals surface area contributed by atoms with Crippen molar-refractivity contribution in [1.82, 2.24) is 30.2 Å². The first-order valence-corrected chi connectivity index (χ1v) is 26.0. The van der Waals surface area contributed by atoms with Gasteiger partial charge in [0.15, 0.2) is 23.0 Å². The summed E-state index contributed by atoms with van der Waals surface area (Å²) in [5, 5.41) is 21.3. The number of urea groups is 1. The number of amides is 4. The fraction of sp³-hybridized carbons (Fsp3) is 0.500. The van der Waals surface area contributed by atoms with Gasteiger partial charge in [-0.2, -0.15) is 5.10 Å². The number of nitrogens with two attached hydrogens (primary N) is 1. The van der Waals surface area contributed by atoms with Crippen molar-refractivity contribution in [2.75, 3.05) is 70.5 Å². The van der Waals surface area contributed by atoms with Gasteiger partial charge in [-0.3, -0.25) is 24.5 Å². The van der Waals surface area contributed by atoms with E-state index in [9.17, 15) is 19.5 Å². The minimum atomic E-state index is -0.973. The van der Waals surface area contributed by atoms with Gasteiger partial charge in [-0.15, -0.1) is 0 Å². The molecule has 1 aliphatic carbocycles. The Balaban J connectivity index is 0.719. The van der Waals surface area contributed by atoms with Crippen molar-refractivity contribution in [1.29, 1.82) is 0 Å². The number of ether oxygens (including phenoxy) is 2. The first-order chi connectivity index (χ1) is 34.8. The second-order valence-electron chi connectivity index (χ2n) is 21.0. The number of aryl methyl sites for hydroxylation is 1. The summed E-state index contributed by atoms with van der Waals surface area (Å²) in [5.41, 5.74) is 8.82. The summed E-state index contributed by atoms with van der Waals surface area (Å²) in [6, 6.07) is 20.3. The lowest BCUT2D eigenvalue weighted by Crippen LogP contribution is -2.50. The molecule has 1 saturated carbocycles. The maximum absolute atomic E-state index is 16.5. The van der Waals surface area contributed by atoms with E-state index in [2.05, 4.69) is 43.7 Å². The zero-order valence-corrected chi connectivity index (χ0v) is 41.7. The number of hydrogen-bond acceptors (Lipinski definition) is 10. The Labute approximate surface area is 420 Å². The van der Waals surface area contributed by atoms with Crippen LogP contribution < -0.4 is 30.7 Å². The smallest absolute Gasteiger partial charge is 0.329 e. The van der Waals surface area contributed by atoms with Gasteiger partial charge < -0.3 is 35.4 Å². The van der Waals surface area contributed by atoms with Gasteiger partial charge in [0.05, 0.1) is 17.7 Å². The molecule has 0 bridgehead atoms. The molecule has 10 rings (SSSR count). The van der Waals surface area contributed by atoms with Gasteiger partial charge in [-0.25, -0.2) is 13.6 Å². The summed E-state index contributed by atoms with van der Waals surface area (Å²) in [6.07, 6.45) is 9.58. The van der Waals surface area contributed by atoms with Crippen molar-refractivity contribution in [2.24, 2.45) is 24.6 Å². The summed E-state index contributed by atoms with van der Waals surface area (Å²) in [5.74, 6) is -0.319. The highest BCUT2D eigenvalue weighted by atomic mass is 19.1. The highest BCUT2D eigenvalue weighted by molar-refractivity contribution is 6.09. The summed E-state index contributed by atoms with van der Waals surface area (Å²) >= 11 is 0. The number of fused-ring (bicyclic) bond motifs is 2. The molecular weight excluding hydrogens is 919 g/mol. The average Bonchev–Trinajstić information content (AvgIpc) is 3.86. The van der Waals surface area contributed by atoms with Crippen LogP contribution >= 0.6 is 0 Å². The molecule has 4 aliphatic heterocycles. The molecule has 4 amide bonds. The van der Waals surface area contributed by atoms with Crippen LogP contribution in [0.3, 0.4) is 0 Å². The predicted molar refractivity (Wildman–Crippen MR) is 272 cm³/mol. The van der Waals surface area contributed by atoms with Gasteiger partial charge in [-0.05, 0) is 149 Å². The standard InChI is InChI=1S/C56H68F2N8O6/c1-34-44(57)30-47-50(49(34)51-43(53(59)69)15-16-46(52(51)58)71-28-27-67)35(2)56(72-47,40-7-5-4-6-8-40)33-60-41-19-24-65(25-20-41)32-37-11-9-36(10-12-37)31-64-22-17-38(18-23-64)39-13-14-42-45(29-39)63(3)62-54(42)66-26-21-48(68)61-55(66)70/h4-8,13-16,29-30,35-38,41,60,67H,9-12,17-28,31-33H2,1-3H3,(H2,59,69)(H,61,68,70)/t35-,36?,37?,56-/m0/s1. The van der Waals surface area contributed by atoms with E-state index in [-0.39, 0.29) is 65.3 Å². The van der Waals surface area contributed by atoms with E-state index in [4.69, 9.17) is 15.2 Å². The van der Waals surface area contributed by atoms with Crippen molar-refractivity contribution >= 4 is 34.6 Å². The Bertz CT molecular complexity index is 2820. The maximum Gasteiger partial charge on any atom is 0.329 e. The van der Waals surface area contributed by atoms with Crippen LogP contribution in [0.1, 0.15) is 109 Å². The summed E-state index contributed by atoms with van der Waals surface area (Å²) in [4.78, 5) is 44.0. The highest BCUT2D eigenvalue weighted by Gasteiger charge is 2.50. The zero-order valence-electron chi connectivity index (χ0n) is 41.7. The van der Waals surface area contributed by atoms with Crippen LogP contribution in [-0.4, -0.2) is 114 Å². The fourth-order valence-electron chi connectivity index (χ4n) is 12.6. The number of imide groups is 1. The number of aromatic nitrogens is 2. The molecule has 4 fully saturated rings. The molecule has 16 heteroatoms. The van der Waals surface area contributed by atoms with Crippen LogP contribution in [0.25, 0.3) is 22.0 Å². The van der Waals surface area contributed by atoms with E-state index in [0.29, 0.717) is 36.3 Å². The van der Waals surface area contributed by atoms with Crippen molar-refractivity contribution in [3.8, 4) is 22.6 Å². The number of rotatable bonds is 15. The molecule has 4 aromatic carbocycles. The van der Waals surface area contributed by atoms with Gasteiger partial charge >= 0.3 is 6.03 Å². The number of primary amides is 1. The summed E-state index contributed by atoms with van der Waals surface area (Å²) in [6.45, 7) is 10.4. The monoisotopic (exact) mass is 987 g/mol. The van der Waals surface area contributed by atoms with E-state index < -0.39 is 35.1 Å². The fourth-order valence-corrected chi connectivity index (χ4v) is 12.6. The third-order valence-electron chi connectivity index (χ3n) is 16.6. The molecular formula is C56H68F2N8O6. The van der Waals surface area contributed by atoms with Crippen LogP contribution in [0.2, 0.25) is 0 Å². The number of carbonyl (C=O) groups excluding carboxylic acids is 3. The number of likely N-dealkylation sites (tertiary alicyclic amines) is 2. The molecule has 0 radical (unpaired) electrons. The Hall–Kier alpha value is -5.94. The van der Waals surface area contributed by atoms with E-state index in [1.807, 2.05) is 49.0 Å². The van der Waals surface area contributed by atoms with E-state index in [0.717, 1.165) is 80.8 Å². The van der Waals surface area contributed by atoms with Crippen LogP contribution in [0.5, 0.6) is 11.5 Å². The molecule has 382 valence electrons. The number of benzene rings is 4. The molecule has 0 spiro atoms. The Morgan fingerprint density at radius 1 is 0.903 bits per heavy atom. The Kier molecular flexibility index (Phi) is 14.4. The Morgan fingerprint density at radius 2 is 1.58 bits per heavy atom. The molecule has 5 heterocycles. The molecule has 5 N–H and O–H groups in total. The average molecular weight is 987 g/mol. The lowest BCUT2D eigenvalue weighted by Gasteiger charge is -2.40. The minimum absolute atomic E-state index is 0.1000. The largest absolute Gasteiger partial charge is 0.488 e. The number of nitrogens with zero attached hydrogens (tertiary/aromatic N) is 5. The van der Waals surface area contributed by atoms with Gasteiger partial charge in [0, 0.05) is 74.2 Å². The Morgan fingerprint density at radius 3 is 2.24 bits per heavy atom. The topological polar surface area (TPSA) is 168 Å². The lowest BCUT2D eigenvalue weighted by atomic mass is 9.76. The molecule has 0 unspecified atom stereocenters. The molecule has 5 aromatic rings. The summed E-state index contributed by atoms with van der Waals surface area (Å²) in [7, 11) is 1.91. The van der Waals surface area contributed by atoms with Crippen LogP contribution in [-0.2, 0) is 17.4 Å². The maximum atomic E-state index is 16.5. The number of halogens is 2. The van der Waals surface area contributed by atoms with Crippen LogP contribution in [0.4, 0.5) is 19.4 Å². The van der Waals surface area contributed by atoms with Gasteiger partial charge in [0.25, 0.3) is 0 Å². The zero-order chi connectivity index (χ0) is 50.3. The highest BCUT2D eigenvalue weighted by Crippen LogP contribution is 2.55. The van der Waals surface area contributed by atoms with E-state index in [1.54, 1.807) is 11.8 Å². The number of piperidine rings is 2. The molecule has 72 heavy (non-hydrogen) atoms. The SMILES string of the molecule is Cc1c(F)cc2c(c1-c1c(C(N)=O)ccc(OCCO)c1F)[C@H](C)[C@@](CNC1CCN(CC3CCC(CN4CCC(c5ccc6c(N7CCC(=O)NC7=O)nn(C)c6c5)CC4)CC3)CC1)(c1ccccc1)O2. The van der Waals surface area contributed by atoms with Gasteiger partial charge in [-0.1, -0.05) is 43.3 Å². The molecule has 1 aromatic heterocycles. The molecule has 3 saturated heterocycles. The number of aliphatic hydroxyl groups is 1.